The minimum atomic E-state index is -4.66. The summed E-state index contributed by atoms with van der Waals surface area (Å²) in [6.07, 6.45) is -4.66. The summed E-state index contributed by atoms with van der Waals surface area (Å²) in [4.78, 5) is -0.241. The van der Waals surface area contributed by atoms with E-state index < -0.39 is 34.2 Å². The lowest BCUT2D eigenvalue weighted by molar-refractivity contribution is -0.165. The van der Waals surface area contributed by atoms with E-state index in [1.807, 2.05) is 0 Å². The van der Waals surface area contributed by atoms with Gasteiger partial charge in [0.2, 0.25) is 0 Å². The van der Waals surface area contributed by atoms with Crippen LogP contribution in [0.25, 0.3) is 0 Å². The summed E-state index contributed by atoms with van der Waals surface area (Å²) in [6.45, 7) is -0.194. The molecule has 1 aliphatic rings. The molecule has 1 unspecified atom stereocenters. The van der Waals surface area contributed by atoms with E-state index in [0.29, 0.717) is 12.4 Å². The van der Waals surface area contributed by atoms with Crippen LogP contribution in [0.2, 0.25) is 0 Å². The summed E-state index contributed by atoms with van der Waals surface area (Å²) < 4.78 is 72.6. The molecule has 118 valence electrons. The van der Waals surface area contributed by atoms with Crippen LogP contribution in [0.5, 0.6) is 11.5 Å². The normalized spacial score (nSPS) is 16.6. The Morgan fingerprint density at radius 1 is 1.19 bits per heavy atom. The average Bonchev–Trinajstić information content (AvgIpc) is 2.43. The monoisotopic (exact) mass is 325 g/mol. The molecule has 1 aliphatic heterocycles. The number of benzene rings is 1. The van der Waals surface area contributed by atoms with Crippen LogP contribution in [0.1, 0.15) is 0 Å². The number of halogens is 3. The van der Waals surface area contributed by atoms with E-state index in [0.717, 1.165) is 0 Å². The minimum Gasteiger partial charge on any atom is -0.486 e. The smallest absolute Gasteiger partial charge is 0.394 e. The zero-order valence-corrected chi connectivity index (χ0v) is 11.7. The van der Waals surface area contributed by atoms with E-state index in [1.54, 1.807) is 0 Å². The number of alkyl halides is 3. The van der Waals surface area contributed by atoms with Crippen molar-refractivity contribution >= 4 is 9.84 Å². The van der Waals surface area contributed by atoms with Crippen LogP contribution in [0.4, 0.5) is 13.2 Å². The quantitative estimate of drug-likeness (QED) is 0.904. The van der Waals surface area contributed by atoms with Crippen molar-refractivity contribution in [1.82, 2.24) is 0 Å². The number of rotatable bonds is 4. The Labute approximate surface area is 119 Å². The largest absolute Gasteiger partial charge is 0.486 e. The number of sulfone groups is 1. The maximum absolute atomic E-state index is 12.7. The standard InChI is InChI=1S/C12H14F3NO4S/c13-12(14,15)8(6-16)7-21(17,18)9-1-2-10-11(5-9)20-4-3-19-10/h1-2,5,8H,3-4,6-7,16H2. The van der Waals surface area contributed by atoms with Crippen molar-refractivity contribution in [3.05, 3.63) is 18.2 Å². The van der Waals surface area contributed by atoms with Crippen LogP contribution in [-0.2, 0) is 9.84 Å². The maximum atomic E-state index is 12.7. The molecular formula is C12H14F3NO4S. The molecule has 0 radical (unpaired) electrons. The van der Waals surface area contributed by atoms with Gasteiger partial charge in [-0.3, -0.25) is 0 Å². The van der Waals surface area contributed by atoms with Gasteiger partial charge in [-0.05, 0) is 12.1 Å². The lowest BCUT2D eigenvalue weighted by Crippen LogP contribution is -2.36. The second-order valence-electron chi connectivity index (χ2n) is 4.56. The van der Waals surface area contributed by atoms with Crippen molar-refractivity contribution in [3.63, 3.8) is 0 Å². The highest BCUT2D eigenvalue weighted by molar-refractivity contribution is 7.91. The van der Waals surface area contributed by atoms with Crippen molar-refractivity contribution in [2.75, 3.05) is 25.5 Å². The first kappa shape index (κ1) is 15.9. The molecule has 0 amide bonds. The van der Waals surface area contributed by atoms with Crippen LogP contribution >= 0.6 is 0 Å². The molecule has 2 N–H and O–H groups in total. The molecule has 1 atom stereocenters. The van der Waals surface area contributed by atoms with Gasteiger partial charge in [-0.15, -0.1) is 0 Å². The SMILES string of the molecule is NCC(CS(=O)(=O)c1ccc2c(c1)OCCO2)C(F)(F)F. The molecule has 0 aliphatic carbocycles. The first-order valence-corrected chi connectivity index (χ1v) is 7.78. The Morgan fingerprint density at radius 3 is 2.38 bits per heavy atom. The lowest BCUT2D eigenvalue weighted by atomic mass is 10.2. The third kappa shape index (κ3) is 3.59. The molecule has 1 aromatic carbocycles. The molecule has 0 aromatic heterocycles. The fourth-order valence-corrected chi connectivity index (χ4v) is 3.48. The second kappa shape index (κ2) is 5.72. The summed E-state index contributed by atoms with van der Waals surface area (Å²) in [5, 5.41) is 0. The van der Waals surface area contributed by atoms with Crippen LogP contribution in [0.3, 0.4) is 0 Å². The Morgan fingerprint density at radius 2 is 1.81 bits per heavy atom. The molecule has 2 rings (SSSR count). The molecule has 1 heterocycles. The summed E-state index contributed by atoms with van der Waals surface area (Å²) in [6, 6.07) is 3.74. The van der Waals surface area contributed by atoms with Gasteiger partial charge in [-0.2, -0.15) is 13.2 Å². The average molecular weight is 325 g/mol. The molecule has 21 heavy (non-hydrogen) atoms. The topological polar surface area (TPSA) is 78.6 Å². The fourth-order valence-electron chi connectivity index (χ4n) is 1.87. The van der Waals surface area contributed by atoms with E-state index in [1.165, 1.54) is 18.2 Å². The molecule has 0 spiro atoms. The van der Waals surface area contributed by atoms with Gasteiger partial charge in [-0.1, -0.05) is 0 Å². The number of hydrogen-bond acceptors (Lipinski definition) is 5. The Bertz CT molecular complexity index is 615. The highest BCUT2D eigenvalue weighted by atomic mass is 32.2. The van der Waals surface area contributed by atoms with E-state index in [4.69, 9.17) is 15.2 Å². The molecule has 0 fully saturated rings. The van der Waals surface area contributed by atoms with Crippen LogP contribution in [0, 0.1) is 5.92 Å². The highest BCUT2D eigenvalue weighted by Crippen LogP contribution is 2.34. The molecule has 5 nitrogen and oxygen atoms in total. The fraction of sp³-hybridized carbons (Fsp3) is 0.500. The van der Waals surface area contributed by atoms with Crippen LogP contribution in [-0.4, -0.2) is 40.1 Å². The second-order valence-corrected chi connectivity index (χ2v) is 6.60. The van der Waals surface area contributed by atoms with Gasteiger partial charge in [0.15, 0.2) is 21.3 Å². The predicted molar refractivity (Wildman–Crippen MR) is 68.1 cm³/mol. The zero-order valence-electron chi connectivity index (χ0n) is 10.9. The van der Waals surface area contributed by atoms with Gasteiger partial charge < -0.3 is 15.2 Å². The van der Waals surface area contributed by atoms with E-state index in [9.17, 15) is 21.6 Å². The zero-order chi connectivity index (χ0) is 15.7. The van der Waals surface area contributed by atoms with Crippen LogP contribution < -0.4 is 15.2 Å². The summed E-state index contributed by atoms with van der Waals surface area (Å²) >= 11 is 0. The maximum Gasteiger partial charge on any atom is 0.394 e. The molecule has 9 heteroatoms. The predicted octanol–water partition coefficient (Wildman–Crippen LogP) is 1.37. The van der Waals surface area contributed by atoms with Crippen molar-refractivity contribution in [2.45, 2.75) is 11.1 Å². The number of nitrogens with two attached hydrogens (primary N) is 1. The van der Waals surface area contributed by atoms with Crippen molar-refractivity contribution in [2.24, 2.45) is 11.7 Å². The van der Waals surface area contributed by atoms with E-state index >= 15 is 0 Å². The van der Waals surface area contributed by atoms with Gasteiger partial charge in [-0.25, -0.2) is 8.42 Å². The molecule has 0 bridgehead atoms. The number of fused-ring (bicyclic) bond motifs is 1. The van der Waals surface area contributed by atoms with Gasteiger partial charge in [0, 0.05) is 12.6 Å². The molecule has 1 aromatic rings. The number of hydrogen-bond donors (Lipinski definition) is 1. The first-order chi connectivity index (χ1) is 9.74. The summed E-state index contributed by atoms with van der Waals surface area (Å²) in [5.74, 6) is -2.62. The van der Waals surface area contributed by atoms with Gasteiger partial charge in [0.1, 0.15) is 13.2 Å². The van der Waals surface area contributed by atoms with Gasteiger partial charge in [0.25, 0.3) is 0 Å². The van der Waals surface area contributed by atoms with E-state index in [-0.39, 0.29) is 17.3 Å². The third-order valence-electron chi connectivity index (χ3n) is 3.04. The van der Waals surface area contributed by atoms with Crippen molar-refractivity contribution in [1.29, 1.82) is 0 Å². The highest BCUT2D eigenvalue weighted by Gasteiger charge is 2.41. The first-order valence-electron chi connectivity index (χ1n) is 6.13. The Hall–Kier alpha value is -1.48. The number of ether oxygens (including phenoxy) is 2. The Balaban J connectivity index is 2.27. The van der Waals surface area contributed by atoms with Crippen LogP contribution in [0.15, 0.2) is 23.1 Å². The van der Waals surface area contributed by atoms with Gasteiger partial charge in [0.05, 0.1) is 16.6 Å². The summed E-state index contributed by atoms with van der Waals surface area (Å²) in [5.41, 5.74) is 5.03. The van der Waals surface area contributed by atoms with Crippen molar-refractivity contribution < 1.29 is 31.1 Å². The Kier molecular flexibility index (Phi) is 4.33. The summed E-state index contributed by atoms with van der Waals surface area (Å²) in [7, 11) is -4.12. The molecular weight excluding hydrogens is 311 g/mol. The van der Waals surface area contributed by atoms with Gasteiger partial charge >= 0.3 is 6.18 Å². The van der Waals surface area contributed by atoms with E-state index in [2.05, 4.69) is 0 Å². The third-order valence-corrected chi connectivity index (χ3v) is 4.85. The lowest BCUT2D eigenvalue weighted by Gasteiger charge is -2.20. The minimum absolute atomic E-state index is 0.207. The molecule has 0 saturated heterocycles. The van der Waals surface area contributed by atoms with Crippen molar-refractivity contribution in [3.8, 4) is 11.5 Å². The molecule has 0 saturated carbocycles.